The van der Waals surface area contributed by atoms with Crippen LogP contribution in [-0.4, -0.2) is 30.2 Å². The van der Waals surface area contributed by atoms with Gasteiger partial charge in [0.1, 0.15) is 0 Å². The molecule has 2 rings (SSSR count). The van der Waals surface area contributed by atoms with Crippen LogP contribution in [0.1, 0.15) is 4.88 Å². The molecule has 0 spiro atoms. The highest BCUT2D eigenvalue weighted by molar-refractivity contribution is 7.99. The van der Waals surface area contributed by atoms with E-state index in [0.29, 0.717) is 12.3 Å². The molecule has 1 aromatic heterocycles. The molecular formula is C16H17N3OS2. The van der Waals surface area contributed by atoms with E-state index in [-0.39, 0.29) is 5.91 Å². The lowest BCUT2D eigenvalue weighted by atomic mass is 10.3. The van der Waals surface area contributed by atoms with Crippen LogP contribution in [0, 0.1) is 11.3 Å². The third-order valence-corrected chi connectivity index (χ3v) is 4.67. The van der Waals surface area contributed by atoms with Crippen LogP contribution < -0.4 is 5.32 Å². The van der Waals surface area contributed by atoms with Crippen molar-refractivity contribution in [2.75, 3.05) is 24.7 Å². The van der Waals surface area contributed by atoms with Crippen molar-refractivity contribution in [2.24, 2.45) is 0 Å². The number of nitrogens with one attached hydrogen (secondary N) is 1. The Morgan fingerprint density at radius 2 is 2.18 bits per heavy atom. The van der Waals surface area contributed by atoms with Crippen LogP contribution in [-0.2, 0) is 11.3 Å². The van der Waals surface area contributed by atoms with Crippen molar-refractivity contribution >= 4 is 34.7 Å². The van der Waals surface area contributed by atoms with E-state index in [1.54, 1.807) is 11.3 Å². The summed E-state index contributed by atoms with van der Waals surface area (Å²) in [4.78, 5) is 16.3. The van der Waals surface area contributed by atoms with Crippen LogP contribution in [0.15, 0.2) is 46.7 Å². The van der Waals surface area contributed by atoms with E-state index in [4.69, 9.17) is 5.26 Å². The maximum Gasteiger partial charge on any atom is 0.238 e. The van der Waals surface area contributed by atoms with Gasteiger partial charge < -0.3 is 5.32 Å². The first-order valence-electron chi connectivity index (χ1n) is 6.78. The zero-order valence-electron chi connectivity index (χ0n) is 12.3. The van der Waals surface area contributed by atoms with Gasteiger partial charge in [-0.15, -0.1) is 23.1 Å². The van der Waals surface area contributed by atoms with E-state index < -0.39 is 0 Å². The number of hydrogen-bond acceptors (Lipinski definition) is 5. The average Bonchev–Trinajstić information content (AvgIpc) is 2.99. The molecular weight excluding hydrogens is 314 g/mol. The number of anilines is 1. The highest BCUT2D eigenvalue weighted by Crippen LogP contribution is 2.26. The molecule has 0 aliphatic heterocycles. The van der Waals surface area contributed by atoms with Crippen LogP contribution >= 0.6 is 23.1 Å². The lowest BCUT2D eigenvalue weighted by Gasteiger charge is -2.16. The van der Waals surface area contributed by atoms with E-state index in [0.717, 1.165) is 17.1 Å². The number of rotatable bonds is 7. The molecule has 1 aromatic carbocycles. The van der Waals surface area contributed by atoms with Crippen molar-refractivity contribution in [3.05, 3.63) is 46.7 Å². The van der Waals surface area contributed by atoms with Gasteiger partial charge in [-0.1, -0.05) is 18.2 Å². The summed E-state index contributed by atoms with van der Waals surface area (Å²) in [5.41, 5.74) is 0.761. The molecule has 0 saturated carbocycles. The average molecular weight is 331 g/mol. The number of thiophene rings is 1. The van der Waals surface area contributed by atoms with E-state index in [1.165, 1.54) is 16.6 Å². The number of carbonyl (C=O) groups is 1. The summed E-state index contributed by atoms with van der Waals surface area (Å²) < 4.78 is 0. The summed E-state index contributed by atoms with van der Waals surface area (Å²) in [5.74, 6) is 0.314. The van der Waals surface area contributed by atoms with Gasteiger partial charge in [0.05, 0.1) is 24.1 Å². The number of benzene rings is 1. The number of hydrogen-bond donors (Lipinski definition) is 1. The highest BCUT2D eigenvalue weighted by atomic mass is 32.2. The fraction of sp³-hybridized carbons (Fsp3) is 0.250. The summed E-state index contributed by atoms with van der Waals surface area (Å²) in [6.45, 7) is 1.09. The molecule has 0 unspecified atom stereocenters. The molecule has 4 nitrogen and oxygen atoms in total. The third kappa shape index (κ3) is 5.19. The van der Waals surface area contributed by atoms with Crippen LogP contribution in [0.3, 0.4) is 0 Å². The van der Waals surface area contributed by atoms with Crippen LogP contribution in [0.25, 0.3) is 0 Å². The van der Waals surface area contributed by atoms with Gasteiger partial charge in [0.25, 0.3) is 0 Å². The standard InChI is InChI=1S/C16H17N3OS2/c1-19(11-13-5-4-9-21-13)12-16(20)18-14-6-2-3-7-15(14)22-10-8-17/h2-7,9H,10-12H2,1H3,(H,18,20). The minimum absolute atomic E-state index is 0.0518. The Bertz CT molecular complexity index is 650. The molecule has 114 valence electrons. The van der Waals surface area contributed by atoms with Gasteiger partial charge in [0, 0.05) is 16.3 Å². The molecule has 0 atom stereocenters. The summed E-state index contributed by atoms with van der Waals surface area (Å²) >= 11 is 3.11. The highest BCUT2D eigenvalue weighted by Gasteiger charge is 2.10. The van der Waals surface area contributed by atoms with Crippen molar-refractivity contribution in [3.63, 3.8) is 0 Å². The summed E-state index contributed by atoms with van der Waals surface area (Å²) in [5, 5.41) is 13.6. The smallest absolute Gasteiger partial charge is 0.238 e. The Labute approximate surface area is 138 Å². The van der Waals surface area contributed by atoms with Gasteiger partial charge in [-0.2, -0.15) is 5.26 Å². The predicted octanol–water partition coefficient (Wildman–Crippen LogP) is 3.43. The lowest BCUT2D eigenvalue weighted by molar-refractivity contribution is -0.117. The SMILES string of the molecule is CN(CC(=O)Nc1ccccc1SCC#N)Cc1cccs1. The minimum atomic E-state index is -0.0518. The lowest BCUT2D eigenvalue weighted by Crippen LogP contribution is -2.29. The quantitative estimate of drug-likeness (QED) is 0.790. The zero-order chi connectivity index (χ0) is 15.8. The van der Waals surface area contributed by atoms with Gasteiger partial charge in [-0.25, -0.2) is 0 Å². The molecule has 0 fully saturated rings. The van der Waals surface area contributed by atoms with Crippen molar-refractivity contribution in [1.29, 1.82) is 5.26 Å². The first-order chi connectivity index (χ1) is 10.7. The van der Waals surface area contributed by atoms with Gasteiger partial charge in [0.15, 0.2) is 0 Å². The number of likely N-dealkylation sites (N-methyl/N-ethyl adjacent to an activating group) is 1. The molecule has 6 heteroatoms. The van der Waals surface area contributed by atoms with Crippen molar-refractivity contribution in [3.8, 4) is 6.07 Å². The first-order valence-corrected chi connectivity index (χ1v) is 8.65. The number of nitriles is 1. The minimum Gasteiger partial charge on any atom is -0.324 e. The second-order valence-corrected chi connectivity index (χ2v) is 6.79. The Kier molecular flexibility index (Phi) is 6.46. The Morgan fingerprint density at radius 3 is 2.91 bits per heavy atom. The summed E-state index contributed by atoms with van der Waals surface area (Å²) in [6.07, 6.45) is 0. The van der Waals surface area contributed by atoms with E-state index >= 15 is 0 Å². The van der Waals surface area contributed by atoms with Gasteiger partial charge in [-0.05, 0) is 30.6 Å². The van der Waals surface area contributed by atoms with E-state index in [2.05, 4.69) is 17.5 Å². The first kappa shape index (κ1) is 16.6. The largest absolute Gasteiger partial charge is 0.324 e. The Morgan fingerprint density at radius 1 is 1.36 bits per heavy atom. The van der Waals surface area contributed by atoms with E-state index in [9.17, 15) is 4.79 Å². The molecule has 2 aromatic rings. The van der Waals surface area contributed by atoms with E-state index in [1.807, 2.05) is 47.7 Å². The van der Waals surface area contributed by atoms with Crippen molar-refractivity contribution in [1.82, 2.24) is 4.90 Å². The maximum absolute atomic E-state index is 12.2. The third-order valence-electron chi connectivity index (χ3n) is 2.87. The van der Waals surface area contributed by atoms with Gasteiger partial charge in [0.2, 0.25) is 5.91 Å². The topological polar surface area (TPSA) is 56.1 Å². The molecule has 0 bridgehead atoms. The van der Waals surface area contributed by atoms with Gasteiger partial charge >= 0.3 is 0 Å². The van der Waals surface area contributed by atoms with Crippen LogP contribution in [0.4, 0.5) is 5.69 Å². The predicted molar refractivity (Wildman–Crippen MR) is 92.1 cm³/mol. The molecule has 0 radical (unpaired) electrons. The monoisotopic (exact) mass is 331 g/mol. The fourth-order valence-corrected chi connectivity index (χ4v) is 3.42. The van der Waals surface area contributed by atoms with Gasteiger partial charge in [-0.3, -0.25) is 9.69 Å². The Balaban J connectivity index is 1.90. The van der Waals surface area contributed by atoms with Crippen molar-refractivity contribution < 1.29 is 4.79 Å². The number of thioether (sulfide) groups is 1. The number of para-hydroxylation sites is 1. The number of nitrogens with zero attached hydrogens (tertiary/aromatic N) is 2. The zero-order valence-corrected chi connectivity index (χ0v) is 13.9. The van der Waals surface area contributed by atoms with Crippen molar-refractivity contribution in [2.45, 2.75) is 11.4 Å². The second kappa shape index (κ2) is 8.59. The summed E-state index contributed by atoms with van der Waals surface area (Å²) in [6, 6.07) is 13.7. The molecule has 1 N–H and O–H groups in total. The summed E-state index contributed by atoms with van der Waals surface area (Å²) in [7, 11) is 1.93. The maximum atomic E-state index is 12.2. The Hall–Kier alpha value is -1.81. The molecule has 0 saturated heterocycles. The molecule has 0 aliphatic carbocycles. The molecule has 22 heavy (non-hydrogen) atoms. The molecule has 1 amide bonds. The van der Waals surface area contributed by atoms with Crippen LogP contribution in [0.5, 0.6) is 0 Å². The molecule has 0 aliphatic rings. The number of amides is 1. The normalized spacial score (nSPS) is 10.4. The fourth-order valence-electron chi connectivity index (χ4n) is 1.97. The van der Waals surface area contributed by atoms with Crippen LogP contribution in [0.2, 0.25) is 0 Å². The number of carbonyl (C=O) groups excluding carboxylic acids is 1. The molecule has 1 heterocycles. The second-order valence-electron chi connectivity index (χ2n) is 4.74.